The molecule has 1 unspecified atom stereocenters. The summed E-state index contributed by atoms with van der Waals surface area (Å²) in [5.41, 5.74) is 0. The van der Waals surface area contributed by atoms with Crippen LogP contribution in [0.2, 0.25) is 0 Å². The van der Waals surface area contributed by atoms with Crippen molar-refractivity contribution in [3.8, 4) is 0 Å². The predicted molar refractivity (Wildman–Crippen MR) is 55.0 cm³/mol. The smallest absolute Gasteiger partial charge is 0.0704 e. The van der Waals surface area contributed by atoms with Crippen LogP contribution in [0, 0.1) is 0 Å². The van der Waals surface area contributed by atoms with Gasteiger partial charge < -0.3 is 14.8 Å². The average molecular weight is 189 g/mol. The lowest BCUT2D eigenvalue weighted by Gasteiger charge is -2.18. The molecule has 0 spiro atoms. The van der Waals surface area contributed by atoms with Gasteiger partial charge in [0.15, 0.2) is 0 Å². The van der Waals surface area contributed by atoms with Crippen molar-refractivity contribution in [3.05, 3.63) is 0 Å². The standard InChI is InChI=1S/C10H23NO2/c1-5-10(8-11-9(2)3)13-7-6-12-4/h9-11H,5-8H2,1-4H3. The fourth-order valence-corrected chi connectivity index (χ4v) is 0.986. The molecule has 0 rings (SSSR count). The van der Waals surface area contributed by atoms with Gasteiger partial charge in [0.2, 0.25) is 0 Å². The van der Waals surface area contributed by atoms with Crippen molar-refractivity contribution in [1.29, 1.82) is 0 Å². The topological polar surface area (TPSA) is 30.5 Å². The molecule has 3 nitrogen and oxygen atoms in total. The summed E-state index contributed by atoms with van der Waals surface area (Å²) in [6.07, 6.45) is 1.36. The number of rotatable bonds is 8. The van der Waals surface area contributed by atoms with Crippen LogP contribution in [0.5, 0.6) is 0 Å². The Morgan fingerprint density at radius 2 is 1.92 bits per heavy atom. The number of hydrogen-bond donors (Lipinski definition) is 1. The summed E-state index contributed by atoms with van der Waals surface area (Å²) in [5.74, 6) is 0. The molecule has 0 saturated carbocycles. The Kier molecular flexibility index (Phi) is 8.40. The quantitative estimate of drug-likeness (QED) is 0.586. The summed E-state index contributed by atoms with van der Waals surface area (Å²) in [4.78, 5) is 0. The molecule has 0 aromatic carbocycles. The van der Waals surface area contributed by atoms with Crippen LogP contribution < -0.4 is 5.32 Å². The van der Waals surface area contributed by atoms with Crippen molar-refractivity contribution in [2.45, 2.75) is 39.3 Å². The van der Waals surface area contributed by atoms with E-state index in [9.17, 15) is 0 Å². The van der Waals surface area contributed by atoms with E-state index < -0.39 is 0 Å². The molecular formula is C10H23NO2. The Balaban J connectivity index is 3.39. The van der Waals surface area contributed by atoms with Crippen molar-refractivity contribution in [1.82, 2.24) is 5.32 Å². The predicted octanol–water partition coefficient (Wildman–Crippen LogP) is 1.43. The fraction of sp³-hybridized carbons (Fsp3) is 1.00. The van der Waals surface area contributed by atoms with Crippen molar-refractivity contribution in [2.24, 2.45) is 0 Å². The Hall–Kier alpha value is -0.120. The van der Waals surface area contributed by atoms with Gasteiger partial charge in [0, 0.05) is 19.7 Å². The molecule has 0 saturated heterocycles. The maximum absolute atomic E-state index is 5.59. The van der Waals surface area contributed by atoms with Gasteiger partial charge in [-0.3, -0.25) is 0 Å². The first kappa shape index (κ1) is 12.9. The Labute approximate surface area is 81.8 Å². The Bertz CT molecular complexity index is 107. The minimum Gasteiger partial charge on any atom is -0.382 e. The molecule has 80 valence electrons. The number of ether oxygens (including phenoxy) is 2. The van der Waals surface area contributed by atoms with Crippen LogP contribution in [0.1, 0.15) is 27.2 Å². The van der Waals surface area contributed by atoms with Gasteiger partial charge in [0.25, 0.3) is 0 Å². The first-order chi connectivity index (χ1) is 6.20. The SMILES string of the molecule is CCC(CNC(C)C)OCCOC. The molecule has 0 radical (unpaired) electrons. The zero-order chi connectivity index (χ0) is 10.1. The second-order valence-electron chi connectivity index (χ2n) is 3.46. The molecule has 0 aliphatic carbocycles. The molecule has 0 aliphatic rings. The van der Waals surface area contributed by atoms with Gasteiger partial charge in [0.1, 0.15) is 0 Å². The summed E-state index contributed by atoms with van der Waals surface area (Å²) in [6, 6.07) is 0.528. The molecule has 1 N–H and O–H groups in total. The van der Waals surface area contributed by atoms with Gasteiger partial charge in [0.05, 0.1) is 19.3 Å². The molecule has 0 amide bonds. The van der Waals surface area contributed by atoms with Crippen molar-refractivity contribution in [3.63, 3.8) is 0 Å². The van der Waals surface area contributed by atoms with Gasteiger partial charge in [-0.2, -0.15) is 0 Å². The van der Waals surface area contributed by atoms with E-state index in [1.165, 1.54) is 0 Å². The maximum Gasteiger partial charge on any atom is 0.0704 e. The summed E-state index contributed by atoms with van der Waals surface area (Å²) in [6.45, 7) is 8.72. The lowest BCUT2D eigenvalue weighted by molar-refractivity contribution is 0.0152. The minimum absolute atomic E-state index is 0.317. The Morgan fingerprint density at radius 1 is 1.23 bits per heavy atom. The van der Waals surface area contributed by atoms with Crippen molar-refractivity contribution >= 4 is 0 Å². The molecule has 0 fully saturated rings. The highest BCUT2D eigenvalue weighted by molar-refractivity contribution is 4.62. The normalized spacial score (nSPS) is 13.6. The van der Waals surface area contributed by atoms with Crippen LogP contribution in [-0.4, -0.2) is 39.0 Å². The second kappa shape index (κ2) is 8.48. The molecular weight excluding hydrogens is 166 g/mol. The van der Waals surface area contributed by atoms with Gasteiger partial charge in [-0.25, -0.2) is 0 Å². The summed E-state index contributed by atoms with van der Waals surface area (Å²) in [7, 11) is 1.69. The van der Waals surface area contributed by atoms with Crippen molar-refractivity contribution in [2.75, 3.05) is 26.9 Å². The van der Waals surface area contributed by atoms with Crippen LogP contribution >= 0.6 is 0 Å². The van der Waals surface area contributed by atoms with Gasteiger partial charge in [-0.05, 0) is 6.42 Å². The lowest BCUT2D eigenvalue weighted by Crippen LogP contribution is -2.33. The minimum atomic E-state index is 0.317. The van der Waals surface area contributed by atoms with E-state index in [4.69, 9.17) is 9.47 Å². The maximum atomic E-state index is 5.59. The lowest BCUT2D eigenvalue weighted by atomic mass is 10.2. The van der Waals surface area contributed by atoms with E-state index in [0.717, 1.165) is 13.0 Å². The van der Waals surface area contributed by atoms with E-state index >= 15 is 0 Å². The third-order valence-electron chi connectivity index (χ3n) is 1.85. The van der Waals surface area contributed by atoms with Gasteiger partial charge in [-0.15, -0.1) is 0 Å². The third-order valence-corrected chi connectivity index (χ3v) is 1.85. The van der Waals surface area contributed by atoms with Crippen LogP contribution in [0.15, 0.2) is 0 Å². The largest absolute Gasteiger partial charge is 0.382 e. The molecule has 13 heavy (non-hydrogen) atoms. The molecule has 1 atom stereocenters. The van der Waals surface area contributed by atoms with Crippen LogP contribution in [0.3, 0.4) is 0 Å². The molecule has 3 heteroatoms. The monoisotopic (exact) mass is 189 g/mol. The van der Waals surface area contributed by atoms with Crippen LogP contribution in [-0.2, 0) is 9.47 Å². The summed E-state index contributed by atoms with van der Waals surface area (Å²) >= 11 is 0. The molecule has 0 aromatic heterocycles. The molecule has 0 bridgehead atoms. The summed E-state index contributed by atoms with van der Waals surface area (Å²) in [5, 5.41) is 3.36. The van der Waals surface area contributed by atoms with Gasteiger partial charge in [-0.1, -0.05) is 20.8 Å². The van der Waals surface area contributed by atoms with Crippen LogP contribution in [0.25, 0.3) is 0 Å². The fourth-order valence-electron chi connectivity index (χ4n) is 0.986. The van der Waals surface area contributed by atoms with Gasteiger partial charge >= 0.3 is 0 Å². The Morgan fingerprint density at radius 3 is 2.38 bits per heavy atom. The average Bonchev–Trinajstić information content (AvgIpc) is 2.10. The molecule has 0 heterocycles. The van der Waals surface area contributed by atoms with Crippen LogP contribution in [0.4, 0.5) is 0 Å². The van der Waals surface area contributed by atoms with Crippen molar-refractivity contribution < 1.29 is 9.47 Å². The third kappa shape index (κ3) is 8.22. The second-order valence-corrected chi connectivity index (χ2v) is 3.46. The first-order valence-corrected chi connectivity index (χ1v) is 5.04. The number of hydrogen-bond acceptors (Lipinski definition) is 3. The number of methoxy groups -OCH3 is 1. The molecule has 0 aliphatic heterocycles. The highest BCUT2D eigenvalue weighted by Crippen LogP contribution is 1.96. The van der Waals surface area contributed by atoms with E-state index in [1.807, 2.05) is 0 Å². The highest BCUT2D eigenvalue weighted by Gasteiger charge is 2.06. The van der Waals surface area contributed by atoms with E-state index in [2.05, 4.69) is 26.1 Å². The summed E-state index contributed by atoms with van der Waals surface area (Å²) < 4.78 is 10.5. The zero-order valence-corrected chi connectivity index (χ0v) is 9.30. The first-order valence-electron chi connectivity index (χ1n) is 5.04. The zero-order valence-electron chi connectivity index (χ0n) is 9.30. The van der Waals surface area contributed by atoms with E-state index in [0.29, 0.717) is 25.4 Å². The van der Waals surface area contributed by atoms with E-state index in [1.54, 1.807) is 7.11 Å². The van der Waals surface area contributed by atoms with E-state index in [-0.39, 0.29) is 0 Å². The number of nitrogens with one attached hydrogen (secondary N) is 1. The highest BCUT2D eigenvalue weighted by atomic mass is 16.5. The molecule has 0 aromatic rings.